The molecule has 0 radical (unpaired) electrons. The Morgan fingerprint density at radius 3 is 3.05 bits per heavy atom. The van der Waals surface area contributed by atoms with Crippen LogP contribution in [0.4, 0.5) is 0 Å². The average Bonchev–Trinajstić information content (AvgIpc) is 2.97. The van der Waals surface area contributed by atoms with Gasteiger partial charge in [-0.1, -0.05) is 6.07 Å². The van der Waals surface area contributed by atoms with Gasteiger partial charge in [-0.25, -0.2) is 9.78 Å². The topological polar surface area (TPSA) is 73.6 Å². The number of ether oxygens (including phenoxy) is 2. The first-order valence-corrected chi connectivity index (χ1v) is 6.14. The molecule has 20 heavy (non-hydrogen) atoms. The summed E-state index contributed by atoms with van der Waals surface area (Å²) in [5, 5.41) is 9.84. The number of hydrogen-bond acceptors (Lipinski definition) is 5. The number of methoxy groups -OCH3 is 1. The summed E-state index contributed by atoms with van der Waals surface area (Å²) in [6, 6.07) is 6.64. The molecule has 0 saturated carbocycles. The number of aliphatic hydroxyl groups is 1. The fourth-order valence-corrected chi connectivity index (χ4v) is 1.71. The zero-order valence-electron chi connectivity index (χ0n) is 11.1. The van der Waals surface area contributed by atoms with Gasteiger partial charge in [0.15, 0.2) is 0 Å². The van der Waals surface area contributed by atoms with Gasteiger partial charge in [-0.15, -0.1) is 0 Å². The van der Waals surface area contributed by atoms with Crippen molar-refractivity contribution in [2.24, 2.45) is 0 Å². The molecular formula is C14H16N2O4. The molecule has 2 aromatic rings. The third-order valence-electron chi connectivity index (χ3n) is 2.68. The zero-order chi connectivity index (χ0) is 14.4. The van der Waals surface area contributed by atoms with Gasteiger partial charge in [0.05, 0.1) is 25.5 Å². The highest BCUT2D eigenvalue weighted by Crippen LogP contribution is 2.14. The van der Waals surface area contributed by atoms with Gasteiger partial charge in [-0.2, -0.15) is 0 Å². The predicted molar refractivity (Wildman–Crippen MR) is 71.5 cm³/mol. The van der Waals surface area contributed by atoms with Crippen molar-refractivity contribution in [1.82, 2.24) is 9.55 Å². The Labute approximate surface area is 116 Å². The molecule has 1 heterocycles. The van der Waals surface area contributed by atoms with Gasteiger partial charge in [0.2, 0.25) is 0 Å². The van der Waals surface area contributed by atoms with Crippen LogP contribution in [0.3, 0.4) is 0 Å². The zero-order valence-corrected chi connectivity index (χ0v) is 11.1. The molecule has 0 amide bonds. The van der Waals surface area contributed by atoms with Crippen LogP contribution in [0.25, 0.3) is 0 Å². The first kappa shape index (κ1) is 14.1. The first-order valence-electron chi connectivity index (χ1n) is 6.14. The number of aromatic nitrogens is 2. The Balaban J connectivity index is 1.88. The maximum atomic E-state index is 11.4. The summed E-state index contributed by atoms with van der Waals surface area (Å²) < 4.78 is 11.9. The number of esters is 1. The Hall–Kier alpha value is -2.34. The van der Waals surface area contributed by atoms with Crippen molar-refractivity contribution in [2.45, 2.75) is 12.6 Å². The van der Waals surface area contributed by atoms with Gasteiger partial charge >= 0.3 is 5.97 Å². The number of nitrogens with zero attached hydrogens (tertiary/aromatic N) is 2. The van der Waals surface area contributed by atoms with Gasteiger partial charge in [-0.3, -0.25) is 0 Å². The first-order chi connectivity index (χ1) is 9.69. The van der Waals surface area contributed by atoms with Crippen LogP contribution in [-0.2, 0) is 11.3 Å². The lowest BCUT2D eigenvalue weighted by Gasteiger charge is -2.13. The van der Waals surface area contributed by atoms with Crippen molar-refractivity contribution < 1.29 is 19.4 Å². The highest BCUT2D eigenvalue weighted by atomic mass is 16.5. The summed E-state index contributed by atoms with van der Waals surface area (Å²) in [7, 11) is 1.32. The maximum Gasteiger partial charge on any atom is 0.337 e. The lowest BCUT2D eigenvalue weighted by Crippen LogP contribution is -2.23. The molecule has 6 heteroatoms. The summed E-state index contributed by atoms with van der Waals surface area (Å²) >= 11 is 0. The molecule has 6 nitrogen and oxygen atoms in total. The molecular weight excluding hydrogens is 260 g/mol. The second-order valence-electron chi connectivity index (χ2n) is 4.24. The van der Waals surface area contributed by atoms with E-state index >= 15 is 0 Å². The largest absolute Gasteiger partial charge is 0.491 e. The molecule has 1 aromatic heterocycles. The van der Waals surface area contributed by atoms with E-state index in [-0.39, 0.29) is 6.61 Å². The Morgan fingerprint density at radius 2 is 2.35 bits per heavy atom. The van der Waals surface area contributed by atoms with Crippen molar-refractivity contribution in [1.29, 1.82) is 0 Å². The number of carbonyl (C=O) groups is 1. The van der Waals surface area contributed by atoms with Crippen LogP contribution in [0.5, 0.6) is 5.75 Å². The molecule has 0 aliphatic rings. The van der Waals surface area contributed by atoms with Gasteiger partial charge in [0.25, 0.3) is 0 Å². The summed E-state index contributed by atoms with van der Waals surface area (Å²) in [6.07, 6.45) is 4.38. The SMILES string of the molecule is COC(=O)c1cccc(OC[C@@H](O)Cn2ccnc2)c1. The molecule has 0 unspecified atom stereocenters. The minimum atomic E-state index is -0.661. The monoisotopic (exact) mass is 276 g/mol. The predicted octanol–water partition coefficient (Wildman–Crippen LogP) is 1.11. The number of aliphatic hydroxyl groups excluding tert-OH is 1. The standard InChI is InChI=1S/C14H16N2O4/c1-19-14(18)11-3-2-4-13(7-11)20-9-12(17)8-16-6-5-15-10-16/h2-7,10,12,17H,8-9H2,1H3/t12-/m0/s1. The number of rotatable bonds is 6. The van der Waals surface area contributed by atoms with E-state index in [1.54, 1.807) is 47.6 Å². The van der Waals surface area contributed by atoms with E-state index in [0.29, 0.717) is 17.9 Å². The summed E-state index contributed by atoms with van der Waals surface area (Å²) in [5.41, 5.74) is 0.411. The van der Waals surface area contributed by atoms with Crippen molar-refractivity contribution in [3.8, 4) is 5.75 Å². The molecule has 0 aliphatic carbocycles. The van der Waals surface area contributed by atoms with Crippen molar-refractivity contribution in [2.75, 3.05) is 13.7 Å². The third-order valence-corrected chi connectivity index (χ3v) is 2.68. The average molecular weight is 276 g/mol. The van der Waals surface area contributed by atoms with Gasteiger partial charge in [-0.05, 0) is 18.2 Å². The van der Waals surface area contributed by atoms with E-state index in [1.165, 1.54) is 7.11 Å². The molecule has 0 spiro atoms. The van der Waals surface area contributed by atoms with Crippen LogP contribution < -0.4 is 4.74 Å². The minimum absolute atomic E-state index is 0.128. The smallest absolute Gasteiger partial charge is 0.337 e. The number of imidazole rings is 1. The maximum absolute atomic E-state index is 11.4. The number of benzene rings is 1. The van der Waals surface area contributed by atoms with Crippen LogP contribution in [0.2, 0.25) is 0 Å². The van der Waals surface area contributed by atoms with Crippen molar-refractivity contribution in [3.63, 3.8) is 0 Å². The molecule has 1 atom stereocenters. The second-order valence-corrected chi connectivity index (χ2v) is 4.24. The highest BCUT2D eigenvalue weighted by Gasteiger charge is 2.09. The van der Waals surface area contributed by atoms with Crippen LogP contribution >= 0.6 is 0 Å². The molecule has 106 valence electrons. The van der Waals surface area contributed by atoms with E-state index in [4.69, 9.17) is 4.74 Å². The molecule has 2 rings (SSSR count). The van der Waals surface area contributed by atoms with E-state index in [2.05, 4.69) is 9.72 Å². The number of carbonyl (C=O) groups excluding carboxylic acids is 1. The second kappa shape index (κ2) is 6.72. The van der Waals surface area contributed by atoms with Crippen LogP contribution in [0, 0.1) is 0 Å². The highest BCUT2D eigenvalue weighted by molar-refractivity contribution is 5.89. The van der Waals surface area contributed by atoms with E-state index in [0.717, 1.165) is 0 Å². The Bertz CT molecular complexity index is 554. The van der Waals surface area contributed by atoms with E-state index in [9.17, 15) is 9.90 Å². The van der Waals surface area contributed by atoms with E-state index < -0.39 is 12.1 Å². The van der Waals surface area contributed by atoms with Crippen LogP contribution in [-0.4, -0.2) is 40.4 Å². The normalized spacial score (nSPS) is 11.9. The molecule has 0 aliphatic heterocycles. The molecule has 1 N–H and O–H groups in total. The number of hydrogen-bond donors (Lipinski definition) is 1. The molecule has 1 aromatic carbocycles. The van der Waals surface area contributed by atoms with E-state index in [1.807, 2.05) is 0 Å². The van der Waals surface area contributed by atoms with Crippen molar-refractivity contribution >= 4 is 5.97 Å². The fourth-order valence-electron chi connectivity index (χ4n) is 1.71. The van der Waals surface area contributed by atoms with Gasteiger partial charge in [0.1, 0.15) is 18.5 Å². The third kappa shape index (κ3) is 3.83. The van der Waals surface area contributed by atoms with Crippen LogP contribution in [0.1, 0.15) is 10.4 Å². The minimum Gasteiger partial charge on any atom is -0.491 e. The molecule has 0 fully saturated rings. The molecule has 0 bridgehead atoms. The summed E-state index contributed by atoms with van der Waals surface area (Å²) in [5.74, 6) is 0.0898. The quantitative estimate of drug-likeness (QED) is 0.800. The summed E-state index contributed by atoms with van der Waals surface area (Å²) in [6.45, 7) is 0.527. The Kier molecular flexibility index (Phi) is 4.73. The molecule has 0 saturated heterocycles. The fraction of sp³-hybridized carbons (Fsp3) is 0.286. The lowest BCUT2D eigenvalue weighted by molar-refractivity contribution is 0.0599. The van der Waals surface area contributed by atoms with Gasteiger partial charge in [0, 0.05) is 12.4 Å². The summed E-state index contributed by atoms with van der Waals surface area (Å²) in [4.78, 5) is 15.3. The van der Waals surface area contributed by atoms with Crippen molar-refractivity contribution in [3.05, 3.63) is 48.5 Å². The van der Waals surface area contributed by atoms with Gasteiger partial charge < -0.3 is 19.1 Å². The lowest BCUT2D eigenvalue weighted by atomic mass is 10.2. The Morgan fingerprint density at radius 1 is 1.50 bits per heavy atom. The van der Waals surface area contributed by atoms with Crippen LogP contribution in [0.15, 0.2) is 43.0 Å².